The molecule has 0 amide bonds. The summed E-state index contributed by atoms with van der Waals surface area (Å²) >= 11 is 0. The Kier molecular flexibility index (Phi) is 2.74. The van der Waals surface area contributed by atoms with E-state index in [-0.39, 0.29) is 5.41 Å². The summed E-state index contributed by atoms with van der Waals surface area (Å²) in [5.41, 5.74) is 8.97. The quantitative estimate of drug-likeness (QED) is 0.708. The fraction of sp³-hybridized carbons (Fsp3) is 0.250. The summed E-state index contributed by atoms with van der Waals surface area (Å²) in [7, 11) is 0. The minimum atomic E-state index is 0.0758. The highest BCUT2D eigenvalue weighted by molar-refractivity contribution is 5.89. The molecule has 20 heavy (non-hydrogen) atoms. The fourth-order valence-corrected chi connectivity index (χ4v) is 2.43. The van der Waals surface area contributed by atoms with E-state index in [0.717, 1.165) is 16.6 Å². The second-order valence-corrected chi connectivity index (χ2v) is 6.08. The second kappa shape index (κ2) is 4.34. The number of anilines is 1. The first-order valence-corrected chi connectivity index (χ1v) is 6.65. The van der Waals surface area contributed by atoms with Gasteiger partial charge < -0.3 is 5.73 Å². The van der Waals surface area contributed by atoms with Crippen molar-refractivity contribution < 1.29 is 0 Å². The minimum Gasteiger partial charge on any atom is -0.382 e. The molecule has 0 aliphatic heterocycles. The number of aromatic nitrogens is 3. The molecule has 2 aromatic heterocycles. The van der Waals surface area contributed by atoms with E-state index < -0.39 is 0 Å². The summed E-state index contributed by atoms with van der Waals surface area (Å²) in [5.74, 6) is 0.502. The summed E-state index contributed by atoms with van der Waals surface area (Å²) in [6, 6.07) is 8.18. The van der Waals surface area contributed by atoms with Crippen LogP contribution in [0.5, 0.6) is 0 Å². The summed E-state index contributed by atoms with van der Waals surface area (Å²) in [6.45, 7) is 6.60. The average molecular weight is 266 g/mol. The molecule has 3 rings (SSSR count). The average Bonchev–Trinajstić information content (AvgIpc) is 2.83. The Morgan fingerprint density at radius 2 is 1.90 bits per heavy atom. The third kappa shape index (κ3) is 2.13. The van der Waals surface area contributed by atoms with E-state index in [1.54, 1.807) is 0 Å². The smallest absolute Gasteiger partial charge is 0.145 e. The van der Waals surface area contributed by atoms with Crippen LogP contribution in [0.25, 0.3) is 22.0 Å². The number of hydrogen-bond acceptors (Lipinski definition) is 3. The zero-order valence-corrected chi connectivity index (χ0v) is 11.9. The number of nitrogen functional groups attached to an aromatic ring is 1. The molecule has 3 N–H and O–H groups in total. The molecule has 2 heterocycles. The molecule has 0 aliphatic carbocycles. The highest BCUT2D eigenvalue weighted by atomic mass is 15.2. The first-order chi connectivity index (χ1) is 9.45. The predicted octanol–water partition coefficient (Wildman–Crippen LogP) is 3.50. The summed E-state index contributed by atoms with van der Waals surface area (Å²) in [4.78, 5) is 4.37. The summed E-state index contributed by atoms with van der Waals surface area (Å²) in [5, 5.41) is 9.27. The Morgan fingerprint density at radius 3 is 2.55 bits per heavy atom. The van der Waals surface area contributed by atoms with Crippen LogP contribution in [0.1, 0.15) is 26.3 Å². The van der Waals surface area contributed by atoms with E-state index >= 15 is 0 Å². The highest BCUT2D eigenvalue weighted by Crippen LogP contribution is 2.31. The Bertz CT molecular complexity index is 765. The molecule has 0 bridgehead atoms. The molecule has 0 spiro atoms. The first kappa shape index (κ1) is 12.7. The number of fused-ring (bicyclic) bond motifs is 1. The Labute approximate surface area is 118 Å². The zero-order chi connectivity index (χ0) is 14.3. The lowest BCUT2D eigenvalue weighted by Crippen LogP contribution is -2.12. The zero-order valence-electron chi connectivity index (χ0n) is 11.9. The monoisotopic (exact) mass is 266 g/mol. The number of pyridine rings is 1. The molecule has 0 atom stereocenters. The lowest BCUT2D eigenvalue weighted by Gasteiger charge is -2.20. The van der Waals surface area contributed by atoms with Crippen molar-refractivity contribution in [1.29, 1.82) is 0 Å². The number of aromatic amines is 1. The minimum absolute atomic E-state index is 0.0758. The van der Waals surface area contributed by atoms with Crippen LogP contribution in [-0.2, 0) is 5.41 Å². The van der Waals surface area contributed by atoms with Gasteiger partial charge in [0.05, 0.1) is 5.69 Å². The lowest BCUT2D eigenvalue weighted by atomic mass is 9.85. The molecular weight excluding hydrogens is 248 g/mol. The van der Waals surface area contributed by atoms with Crippen molar-refractivity contribution >= 4 is 16.6 Å². The summed E-state index contributed by atoms with van der Waals surface area (Å²) < 4.78 is 0. The van der Waals surface area contributed by atoms with Crippen LogP contribution < -0.4 is 5.73 Å². The normalized spacial score (nSPS) is 11.9. The number of H-pyrrole nitrogens is 1. The highest BCUT2D eigenvalue weighted by Gasteiger charge is 2.17. The van der Waals surface area contributed by atoms with Crippen LogP contribution >= 0.6 is 0 Å². The van der Waals surface area contributed by atoms with Gasteiger partial charge >= 0.3 is 0 Å². The number of nitrogens with zero attached hydrogens (tertiary/aromatic N) is 2. The Hall–Kier alpha value is -2.36. The fourth-order valence-electron chi connectivity index (χ4n) is 2.43. The maximum atomic E-state index is 5.66. The van der Waals surface area contributed by atoms with E-state index in [9.17, 15) is 0 Å². The lowest BCUT2D eigenvalue weighted by molar-refractivity contribution is 0.593. The van der Waals surface area contributed by atoms with Crippen LogP contribution in [-0.4, -0.2) is 15.2 Å². The first-order valence-electron chi connectivity index (χ1n) is 6.65. The van der Waals surface area contributed by atoms with Gasteiger partial charge in [0, 0.05) is 29.4 Å². The van der Waals surface area contributed by atoms with Crippen LogP contribution in [0.2, 0.25) is 0 Å². The molecule has 0 unspecified atom stereocenters. The van der Waals surface area contributed by atoms with Gasteiger partial charge in [-0.3, -0.25) is 10.1 Å². The van der Waals surface area contributed by atoms with Gasteiger partial charge in [0.25, 0.3) is 0 Å². The van der Waals surface area contributed by atoms with Crippen LogP contribution in [0.3, 0.4) is 0 Å². The Balaban J connectivity index is 2.18. The maximum Gasteiger partial charge on any atom is 0.145 e. The number of hydrogen-bond donors (Lipinski definition) is 2. The van der Waals surface area contributed by atoms with Gasteiger partial charge in [-0.15, -0.1) is 0 Å². The van der Waals surface area contributed by atoms with Gasteiger partial charge in [0.1, 0.15) is 5.82 Å². The third-order valence-corrected chi connectivity index (χ3v) is 3.48. The van der Waals surface area contributed by atoms with Crippen LogP contribution in [0.4, 0.5) is 5.82 Å². The molecule has 0 fully saturated rings. The van der Waals surface area contributed by atoms with Crippen LogP contribution in [0.15, 0.2) is 36.7 Å². The number of rotatable bonds is 1. The molecule has 0 radical (unpaired) electrons. The number of benzene rings is 1. The second-order valence-electron chi connectivity index (χ2n) is 6.08. The van der Waals surface area contributed by atoms with Gasteiger partial charge in [-0.25, -0.2) is 0 Å². The van der Waals surface area contributed by atoms with Crippen molar-refractivity contribution in [2.75, 3.05) is 5.73 Å². The third-order valence-electron chi connectivity index (χ3n) is 3.48. The molecular formula is C16H18N4. The number of nitrogens with one attached hydrogen (secondary N) is 1. The van der Waals surface area contributed by atoms with Gasteiger partial charge in [-0.2, -0.15) is 5.10 Å². The maximum absolute atomic E-state index is 5.66. The SMILES string of the molecule is CC(C)(C)c1cncc2cc(-c3cc(N)n[nH]3)ccc12. The summed E-state index contributed by atoms with van der Waals surface area (Å²) in [6.07, 6.45) is 3.85. The Morgan fingerprint density at radius 1 is 1.10 bits per heavy atom. The van der Waals surface area contributed by atoms with Crippen LogP contribution in [0, 0.1) is 0 Å². The molecule has 0 saturated carbocycles. The molecule has 3 aromatic rings. The topological polar surface area (TPSA) is 67.6 Å². The van der Waals surface area contributed by atoms with Gasteiger partial charge in [-0.05, 0) is 22.4 Å². The van der Waals surface area contributed by atoms with Crippen molar-refractivity contribution in [2.24, 2.45) is 0 Å². The van der Waals surface area contributed by atoms with E-state index in [1.807, 2.05) is 18.5 Å². The molecule has 4 heteroatoms. The van der Waals surface area contributed by atoms with Gasteiger partial charge in [-0.1, -0.05) is 32.9 Å². The van der Waals surface area contributed by atoms with E-state index in [2.05, 4.69) is 54.2 Å². The largest absolute Gasteiger partial charge is 0.382 e. The molecule has 4 nitrogen and oxygen atoms in total. The molecule has 0 aliphatic rings. The number of nitrogens with two attached hydrogens (primary N) is 1. The van der Waals surface area contributed by atoms with Gasteiger partial charge in [0.2, 0.25) is 0 Å². The standard InChI is InChI=1S/C16H18N4/c1-16(2,3)13-9-18-8-11-6-10(4-5-12(11)13)14-7-15(17)20-19-14/h4-9H,1-3H3,(H3,17,19,20). The van der Waals surface area contributed by atoms with Crippen molar-refractivity contribution in [3.8, 4) is 11.3 Å². The predicted molar refractivity (Wildman–Crippen MR) is 82.4 cm³/mol. The van der Waals surface area contributed by atoms with Crippen molar-refractivity contribution in [1.82, 2.24) is 15.2 Å². The van der Waals surface area contributed by atoms with Crippen molar-refractivity contribution in [3.05, 3.63) is 42.2 Å². The van der Waals surface area contributed by atoms with Crippen molar-refractivity contribution in [2.45, 2.75) is 26.2 Å². The van der Waals surface area contributed by atoms with E-state index in [1.165, 1.54) is 10.9 Å². The van der Waals surface area contributed by atoms with Crippen molar-refractivity contribution in [3.63, 3.8) is 0 Å². The van der Waals surface area contributed by atoms with E-state index in [0.29, 0.717) is 5.82 Å². The molecule has 102 valence electrons. The molecule has 1 aromatic carbocycles. The molecule has 0 saturated heterocycles. The van der Waals surface area contributed by atoms with Gasteiger partial charge in [0.15, 0.2) is 0 Å². The van der Waals surface area contributed by atoms with E-state index in [4.69, 9.17) is 5.73 Å².